The normalized spacial score (nSPS) is 27.7. The first kappa shape index (κ1) is 15.3. The van der Waals surface area contributed by atoms with Gasteiger partial charge in [0, 0.05) is 17.2 Å². The highest BCUT2D eigenvalue weighted by atomic mass is 16.1. The van der Waals surface area contributed by atoms with Crippen LogP contribution in [-0.2, 0) is 10.2 Å². The molecule has 0 aliphatic heterocycles. The molecule has 0 saturated heterocycles. The number of carbonyl (C=O) groups excluding carboxylic acids is 1. The molecule has 0 radical (unpaired) electrons. The number of aromatic nitrogens is 5. The Morgan fingerprint density at radius 3 is 2.77 bits per heavy atom. The van der Waals surface area contributed by atoms with Crippen molar-refractivity contribution in [2.75, 3.05) is 0 Å². The van der Waals surface area contributed by atoms with E-state index in [2.05, 4.69) is 29.9 Å². The minimum atomic E-state index is -0.157. The molecule has 1 amide bonds. The SMILES string of the molecule is N#CCC(=O)NC12CCC(c3nnc4cnc5[nH]ccc5n34)(CC1)CC2. The number of fused-ring (bicyclic) bond motifs is 6. The number of amides is 1. The Kier molecular flexibility index (Phi) is 3.11. The Labute approximate surface area is 149 Å². The largest absolute Gasteiger partial charge is 0.350 e. The van der Waals surface area contributed by atoms with Crippen molar-refractivity contribution in [2.45, 2.75) is 55.9 Å². The molecule has 3 aromatic heterocycles. The molecule has 2 bridgehead atoms. The molecule has 8 nitrogen and oxygen atoms in total. The van der Waals surface area contributed by atoms with Gasteiger partial charge < -0.3 is 10.3 Å². The highest BCUT2D eigenvalue weighted by molar-refractivity contribution is 5.79. The number of hydrogen-bond donors (Lipinski definition) is 2. The molecule has 3 aromatic rings. The molecule has 0 aromatic carbocycles. The van der Waals surface area contributed by atoms with Crippen LogP contribution < -0.4 is 5.32 Å². The van der Waals surface area contributed by atoms with Crippen LogP contribution in [0.25, 0.3) is 16.8 Å². The van der Waals surface area contributed by atoms with Crippen LogP contribution in [0.1, 0.15) is 50.8 Å². The zero-order chi connectivity index (χ0) is 17.8. The lowest BCUT2D eigenvalue weighted by molar-refractivity contribution is -0.123. The van der Waals surface area contributed by atoms with Gasteiger partial charge in [-0.1, -0.05) is 0 Å². The third-order valence-electron chi connectivity index (χ3n) is 6.31. The van der Waals surface area contributed by atoms with Crippen molar-refractivity contribution in [2.24, 2.45) is 0 Å². The van der Waals surface area contributed by atoms with Crippen molar-refractivity contribution >= 4 is 22.7 Å². The first-order valence-corrected chi connectivity index (χ1v) is 9.01. The lowest BCUT2D eigenvalue weighted by atomic mass is 9.57. The summed E-state index contributed by atoms with van der Waals surface area (Å²) in [5.74, 6) is 0.853. The van der Waals surface area contributed by atoms with Gasteiger partial charge in [-0.2, -0.15) is 5.26 Å². The minimum Gasteiger partial charge on any atom is -0.350 e. The quantitative estimate of drug-likeness (QED) is 0.751. The van der Waals surface area contributed by atoms with Crippen LogP contribution in [-0.4, -0.2) is 36.0 Å². The number of H-pyrrole nitrogens is 1. The Balaban J connectivity index is 1.50. The fraction of sp³-hybridized carbons (Fsp3) is 0.500. The highest BCUT2D eigenvalue weighted by Crippen LogP contribution is 2.53. The van der Waals surface area contributed by atoms with E-state index in [9.17, 15) is 4.79 Å². The molecule has 6 rings (SSSR count). The van der Waals surface area contributed by atoms with Gasteiger partial charge >= 0.3 is 0 Å². The van der Waals surface area contributed by atoms with Gasteiger partial charge in [-0.3, -0.25) is 9.20 Å². The third-order valence-corrected chi connectivity index (χ3v) is 6.31. The van der Waals surface area contributed by atoms with E-state index in [0.717, 1.165) is 61.2 Å². The van der Waals surface area contributed by atoms with Crippen molar-refractivity contribution in [1.82, 2.24) is 29.9 Å². The number of nitriles is 1. The maximum absolute atomic E-state index is 11.9. The number of carbonyl (C=O) groups is 1. The highest BCUT2D eigenvalue weighted by Gasteiger charge is 2.52. The van der Waals surface area contributed by atoms with Crippen LogP contribution in [0.15, 0.2) is 18.5 Å². The van der Waals surface area contributed by atoms with Crippen LogP contribution in [0.2, 0.25) is 0 Å². The molecule has 3 aliphatic carbocycles. The number of hydrogen-bond acceptors (Lipinski definition) is 5. The average molecular weight is 349 g/mol. The van der Waals surface area contributed by atoms with Gasteiger partial charge in [0.1, 0.15) is 12.2 Å². The first-order chi connectivity index (χ1) is 12.6. The lowest BCUT2D eigenvalue weighted by Gasteiger charge is -2.52. The van der Waals surface area contributed by atoms with Crippen LogP contribution in [0, 0.1) is 11.3 Å². The van der Waals surface area contributed by atoms with Crippen molar-refractivity contribution in [3.05, 3.63) is 24.3 Å². The summed E-state index contributed by atoms with van der Waals surface area (Å²) >= 11 is 0. The van der Waals surface area contributed by atoms with Crippen LogP contribution in [0.3, 0.4) is 0 Å². The maximum atomic E-state index is 11.9. The van der Waals surface area contributed by atoms with Crippen molar-refractivity contribution < 1.29 is 4.79 Å². The van der Waals surface area contributed by atoms with Crippen LogP contribution in [0.5, 0.6) is 0 Å². The van der Waals surface area contributed by atoms with Crippen molar-refractivity contribution in [3.63, 3.8) is 0 Å². The Bertz CT molecular complexity index is 1030. The lowest BCUT2D eigenvalue weighted by Crippen LogP contribution is -2.58. The number of nitrogens with one attached hydrogen (secondary N) is 2. The summed E-state index contributed by atoms with van der Waals surface area (Å²) in [5, 5.41) is 20.8. The first-order valence-electron chi connectivity index (χ1n) is 9.01. The van der Waals surface area contributed by atoms with Gasteiger partial charge in [-0.25, -0.2) is 4.98 Å². The second-order valence-electron chi connectivity index (χ2n) is 7.63. The predicted octanol–water partition coefficient (Wildman–Crippen LogP) is 1.98. The predicted molar refractivity (Wildman–Crippen MR) is 93.1 cm³/mol. The molecule has 3 saturated carbocycles. The summed E-state index contributed by atoms with van der Waals surface area (Å²) in [6, 6.07) is 3.94. The monoisotopic (exact) mass is 349 g/mol. The van der Waals surface area contributed by atoms with Gasteiger partial charge in [0.2, 0.25) is 5.91 Å². The summed E-state index contributed by atoms with van der Waals surface area (Å²) in [4.78, 5) is 19.5. The Morgan fingerprint density at radius 2 is 2.04 bits per heavy atom. The maximum Gasteiger partial charge on any atom is 0.234 e. The second-order valence-corrected chi connectivity index (χ2v) is 7.63. The fourth-order valence-electron chi connectivity index (χ4n) is 4.84. The van der Waals surface area contributed by atoms with E-state index in [4.69, 9.17) is 5.26 Å². The molecule has 26 heavy (non-hydrogen) atoms. The number of aromatic amines is 1. The molecule has 2 N–H and O–H groups in total. The van der Waals surface area contributed by atoms with E-state index in [0.29, 0.717) is 0 Å². The minimum absolute atomic E-state index is 0.00727. The summed E-state index contributed by atoms with van der Waals surface area (Å²) in [6.07, 6.45) is 9.22. The standard InChI is InChI=1S/C18H19N7O/c19-9-1-14(26)22-18-6-3-17(4-7-18,5-8-18)16-24-23-13-11-21-15-12(25(13)16)2-10-20-15/h2,10-11,20H,1,3-8H2,(H,22,26). The molecule has 0 atom stereocenters. The summed E-state index contributed by atoms with van der Waals surface area (Å²) in [6.45, 7) is 0. The molecule has 3 aliphatic rings. The molecule has 8 heteroatoms. The zero-order valence-electron chi connectivity index (χ0n) is 14.3. The van der Waals surface area contributed by atoms with Gasteiger partial charge in [0.15, 0.2) is 11.3 Å². The van der Waals surface area contributed by atoms with Gasteiger partial charge in [0.25, 0.3) is 0 Å². The van der Waals surface area contributed by atoms with E-state index < -0.39 is 0 Å². The topological polar surface area (TPSA) is 112 Å². The van der Waals surface area contributed by atoms with Crippen LogP contribution >= 0.6 is 0 Å². The summed E-state index contributed by atoms with van der Waals surface area (Å²) in [5.41, 5.74) is 2.45. The van der Waals surface area contributed by atoms with Gasteiger partial charge in [-0.05, 0) is 44.6 Å². The van der Waals surface area contributed by atoms with Gasteiger partial charge in [-0.15, -0.1) is 10.2 Å². The van der Waals surface area contributed by atoms with E-state index in [1.165, 1.54) is 0 Å². The molecule has 3 heterocycles. The molecule has 132 valence electrons. The van der Waals surface area contributed by atoms with Crippen molar-refractivity contribution in [1.29, 1.82) is 5.26 Å². The van der Waals surface area contributed by atoms with E-state index >= 15 is 0 Å². The summed E-state index contributed by atoms with van der Waals surface area (Å²) in [7, 11) is 0. The molecular formula is C18H19N7O. The molecule has 3 fully saturated rings. The second kappa shape index (κ2) is 5.27. The smallest absolute Gasteiger partial charge is 0.234 e. The average Bonchev–Trinajstić information content (AvgIpc) is 3.29. The van der Waals surface area contributed by atoms with E-state index in [1.807, 2.05) is 18.3 Å². The van der Waals surface area contributed by atoms with Crippen LogP contribution in [0.4, 0.5) is 0 Å². The third kappa shape index (κ3) is 2.06. The Morgan fingerprint density at radius 1 is 1.27 bits per heavy atom. The summed E-state index contributed by atoms with van der Waals surface area (Å²) < 4.78 is 2.13. The fourth-order valence-corrected chi connectivity index (χ4v) is 4.84. The molecule has 0 spiro atoms. The number of nitrogens with zero attached hydrogens (tertiary/aromatic N) is 5. The Hall–Kier alpha value is -2.95. The molecule has 0 unspecified atom stereocenters. The number of rotatable bonds is 3. The van der Waals surface area contributed by atoms with Gasteiger partial charge in [0.05, 0.1) is 17.8 Å². The van der Waals surface area contributed by atoms with E-state index in [1.54, 1.807) is 6.20 Å². The van der Waals surface area contributed by atoms with Crippen molar-refractivity contribution in [3.8, 4) is 6.07 Å². The van der Waals surface area contributed by atoms with E-state index in [-0.39, 0.29) is 23.3 Å². The molecular weight excluding hydrogens is 330 g/mol. The zero-order valence-corrected chi connectivity index (χ0v) is 14.3.